The zero-order valence-corrected chi connectivity index (χ0v) is 10.1. The van der Waals surface area contributed by atoms with Crippen molar-refractivity contribution in [1.29, 1.82) is 0 Å². The minimum absolute atomic E-state index is 0.922. The Morgan fingerprint density at radius 1 is 1.53 bits per heavy atom. The summed E-state index contributed by atoms with van der Waals surface area (Å²) in [7, 11) is 0. The lowest BCUT2D eigenvalue weighted by Crippen LogP contribution is -2.14. The first-order valence-corrected chi connectivity index (χ1v) is 6.52. The molecule has 1 aromatic rings. The van der Waals surface area contributed by atoms with Gasteiger partial charge < -0.3 is 5.32 Å². The molecule has 0 fully saturated rings. The van der Waals surface area contributed by atoms with E-state index in [0.29, 0.717) is 0 Å². The number of aromatic nitrogens is 1. The van der Waals surface area contributed by atoms with E-state index >= 15 is 0 Å². The molecule has 0 unspecified atom stereocenters. The summed E-state index contributed by atoms with van der Waals surface area (Å²) in [6.45, 7) is 4.06. The third kappa shape index (κ3) is 3.43. The summed E-state index contributed by atoms with van der Waals surface area (Å²) < 4.78 is 0. The molecule has 0 radical (unpaired) electrons. The zero-order chi connectivity index (χ0) is 10.5. The lowest BCUT2D eigenvalue weighted by atomic mass is 10.2. The lowest BCUT2D eigenvalue weighted by Gasteiger charge is -2.03. The van der Waals surface area contributed by atoms with Crippen molar-refractivity contribution in [3.63, 3.8) is 0 Å². The highest BCUT2D eigenvalue weighted by Gasteiger charge is 2.03. The summed E-state index contributed by atoms with van der Waals surface area (Å²) >= 11 is 1.74. The van der Waals surface area contributed by atoms with E-state index in [4.69, 9.17) is 0 Å². The Morgan fingerprint density at radius 3 is 3.13 bits per heavy atom. The fourth-order valence-electron chi connectivity index (χ4n) is 1.89. The molecule has 0 aromatic carbocycles. The molecule has 0 atom stereocenters. The number of allylic oxidation sites excluding steroid dienone is 1. The quantitative estimate of drug-likeness (QED) is 0.612. The average Bonchev–Trinajstić information content (AvgIpc) is 2.84. The first kappa shape index (κ1) is 10.8. The van der Waals surface area contributed by atoms with Gasteiger partial charge in [0.15, 0.2) is 0 Å². The fourth-order valence-corrected chi connectivity index (χ4v) is 2.63. The fraction of sp³-hybridized carbons (Fsp3) is 0.583. The first-order valence-electron chi connectivity index (χ1n) is 5.64. The second-order valence-corrected chi connectivity index (χ2v) is 5.01. The highest BCUT2D eigenvalue weighted by atomic mass is 32.1. The summed E-state index contributed by atoms with van der Waals surface area (Å²) in [4.78, 5) is 4.42. The van der Waals surface area contributed by atoms with E-state index < -0.39 is 0 Å². The third-order valence-corrected chi connectivity index (χ3v) is 3.67. The maximum atomic E-state index is 4.42. The van der Waals surface area contributed by atoms with Gasteiger partial charge in [-0.05, 0) is 39.2 Å². The van der Waals surface area contributed by atoms with Crippen LogP contribution in [-0.4, -0.2) is 11.5 Å². The van der Waals surface area contributed by atoms with Gasteiger partial charge in [-0.2, -0.15) is 0 Å². The van der Waals surface area contributed by atoms with Crippen molar-refractivity contribution in [2.75, 3.05) is 6.54 Å². The Hall–Kier alpha value is -0.670. The van der Waals surface area contributed by atoms with E-state index in [1.807, 2.05) is 6.92 Å². The molecular formula is C12H18N2S. The van der Waals surface area contributed by atoms with Crippen molar-refractivity contribution in [2.24, 2.45) is 0 Å². The van der Waals surface area contributed by atoms with Crippen LogP contribution in [0, 0.1) is 6.92 Å². The number of hydrogen-bond acceptors (Lipinski definition) is 3. The maximum Gasteiger partial charge on any atom is 0.107 e. The molecule has 0 spiro atoms. The van der Waals surface area contributed by atoms with Gasteiger partial charge in [0.2, 0.25) is 0 Å². The van der Waals surface area contributed by atoms with Crippen LogP contribution >= 0.6 is 11.3 Å². The Balaban J connectivity index is 1.62. The molecule has 2 nitrogen and oxygen atoms in total. The minimum atomic E-state index is 0.922. The van der Waals surface area contributed by atoms with Gasteiger partial charge in [-0.15, -0.1) is 11.3 Å². The van der Waals surface area contributed by atoms with E-state index in [9.17, 15) is 0 Å². The third-order valence-electron chi connectivity index (χ3n) is 2.70. The number of aryl methyl sites for hydroxylation is 1. The summed E-state index contributed by atoms with van der Waals surface area (Å²) in [5.41, 5.74) is 2.77. The monoisotopic (exact) mass is 222 g/mol. The van der Waals surface area contributed by atoms with Crippen LogP contribution in [0.25, 0.3) is 0 Å². The summed E-state index contributed by atoms with van der Waals surface area (Å²) in [5.74, 6) is 0. The van der Waals surface area contributed by atoms with Gasteiger partial charge in [0.25, 0.3) is 0 Å². The molecule has 2 rings (SSSR count). The van der Waals surface area contributed by atoms with Gasteiger partial charge in [-0.3, -0.25) is 0 Å². The van der Waals surface area contributed by atoms with Crippen LogP contribution in [0.3, 0.4) is 0 Å². The first-order chi connectivity index (χ1) is 7.34. The van der Waals surface area contributed by atoms with E-state index in [0.717, 1.165) is 18.8 Å². The van der Waals surface area contributed by atoms with E-state index in [-0.39, 0.29) is 0 Å². The molecule has 0 bridgehead atoms. The van der Waals surface area contributed by atoms with Gasteiger partial charge in [0.05, 0.1) is 0 Å². The van der Waals surface area contributed by atoms with Crippen molar-refractivity contribution in [3.05, 3.63) is 27.7 Å². The largest absolute Gasteiger partial charge is 0.310 e. The molecular weight excluding hydrogens is 204 g/mol. The Labute approximate surface area is 95.4 Å². The van der Waals surface area contributed by atoms with Gasteiger partial charge in [0.1, 0.15) is 5.01 Å². The zero-order valence-electron chi connectivity index (χ0n) is 9.25. The highest BCUT2D eigenvalue weighted by Crippen LogP contribution is 2.19. The molecule has 1 heterocycles. The number of nitrogens with zero attached hydrogens (tertiary/aromatic N) is 1. The van der Waals surface area contributed by atoms with Gasteiger partial charge in [0, 0.05) is 17.6 Å². The van der Waals surface area contributed by atoms with Crippen molar-refractivity contribution in [1.82, 2.24) is 10.3 Å². The van der Waals surface area contributed by atoms with Crippen molar-refractivity contribution < 1.29 is 0 Å². The topological polar surface area (TPSA) is 24.9 Å². The molecule has 1 aliphatic rings. The van der Waals surface area contributed by atoms with Crippen LogP contribution in [0.1, 0.15) is 36.4 Å². The van der Waals surface area contributed by atoms with Crippen LogP contribution in [0.4, 0.5) is 0 Å². The van der Waals surface area contributed by atoms with Crippen LogP contribution < -0.4 is 5.32 Å². The van der Waals surface area contributed by atoms with Crippen LogP contribution in [0.5, 0.6) is 0 Å². The normalized spacial score (nSPS) is 15.7. The molecule has 0 aliphatic heterocycles. The molecule has 0 saturated heterocycles. The minimum Gasteiger partial charge on any atom is -0.310 e. The summed E-state index contributed by atoms with van der Waals surface area (Å²) in [6, 6.07) is 0. The Kier molecular flexibility index (Phi) is 3.92. The predicted octanol–water partition coefficient (Wildman–Crippen LogP) is 3.04. The van der Waals surface area contributed by atoms with Crippen LogP contribution in [0.15, 0.2) is 17.0 Å². The van der Waals surface area contributed by atoms with Crippen molar-refractivity contribution in [3.8, 4) is 0 Å². The van der Waals surface area contributed by atoms with Crippen molar-refractivity contribution >= 4 is 11.3 Å². The molecule has 0 amide bonds. The molecule has 0 saturated carbocycles. The molecule has 1 N–H and O–H groups in total. The molecule has 82 valence electrons. The standard InChI is InChI=1S/C12H18N2S/c1-10-9-15-12(14-10)8-13-7-6-11-4-2-3-5-11/h4,9,13H,2-3,5-8H2,1H3. The number of thiazole rings is 1. The molecule has 15 heavy (non-hydrogen) atoms. The second kappa shape index (κ2) is 5.42. The van der Waals surface area contributed by atoms with Gasteiger partial charge in [-0.25, -0.2) is 4.98 Å². The van der Waals surface area contributed by atoms with Crippen LogP contribution in [0.2, 0.25) is 0 Å². The smallest absolute Gasteiger partial charge is 0.107 e. The second-order valence-electron chi connectivity index (χ2n) is 4.06. The SMILES string of the molecule is Cc1csc(CNCCC2=CCCC2)n1. The number of nitrogens with one attached hydrogen (secondary N) is 1. The van der Waals surface area contributed by atoms with Gasteiger partial charge >= 0.3 is 0 Å². The van der Waals surface area contributed by atoms with E-state index in [1.165, 1.54) is 30.7 Å². The summed E-state index contributed by atoms with van der Waals surface area (Å²) in [6.07, 6.45) is 7.58. The Bertz CT molecular complexity index is 341. The van der Waals surface area contributed by atoms with Crippen LogP contribution in [-0.2, 0) is 6.54 Å². The maximum absolute atomic E-state index is 4.42. The number of hydrogen-bond donors (Lipinski definition) is 1. The highest BCUT2D eigenvalue weighted by molar-refractivity contribution is 7.09. The van der Waals surface area contributed by atoms with Gasteiger partial charge in [-0.1, -0.05) is 11.6 Å². The average molecular weight is 222 g/mol. The molecule has 1 aromatic heterocycles. The number of rotatable bonds is 5. The van der Waals surface area contributed by atoms with Crippen molar-refractivity contribution in [2.45, 2.75) is 39.2 Å². The van der Waals surface area contributed by atoms with E-state index in [2.05, 4.69) is 21.8 Å². The lowest BCUT2D eigenvalue weighted by molar-refractivity contribution is 0.672. The molecule has 1 aliphatic carbocycles. The van der Waals surface area contributed by atoms with E-state index in [1.54, 1.807) is 16.9 Å². The summed E-state index contributed by atoms with van der Waals surface area (Å²) in [5, 5.41) is 6.76. The predicted molar refractivity (Wildman–Crippen MR) is 65.1 cm³/mol. The molecule has 3 heteroatoms. The Morgan fingerprint density at radius 2 is 2.47 bits per heavy atom.